The predicted octanol–water partition coefficient (Wildman–Crippen LogP) is 4.12. The Kier molecular flexibility index (Phi) is 6.03. The standard InChI is InChI=1S/C18H23F3O2Se/c1-17(2,3)12-9-10-15(24-13-7-5-4-6-8-13)14(11-12)23-16(22)18(19,20)21/h4-8,12,14-15H,9-11H2,1-3H3/t12-,14+,15+/m0/s1. The molecule has 2 nitrogen and oxygen atoms in total. The van der Waals surface area contributed by atoms with Crippen LogP contribution in [0, 0.1) is 11.3 Å². The van der Waals surface area contributed by atoms with Gasteiger partial charge in [-0.05, 0) is 0 Å². The molecule has 1 aliphatic carbocycles. The summed E-state index contributed by atoms with van der Waals surface area (Å²) in [6.07, 6.45) is -3.32. The van der Waals surface area contributed by atoms with Crippen molar-refractivity contribution in [3.8, 4) is 0 Å². The maximum atomic E-state index is 12.6. The van der Waals surface area contributed by atoms with Crippen LogP contribution in [-0.2, 0) is 9.53 Å². The molecule has 0 bridgehead atoms. The summed E-state index contributed by atoms with van der Waals surface area (Å²) in [6, 6.07) is 9.73. The number of rotatable bonds is 3. The van der Waals surface area contributed by atoms with E-state index in [1.165, 1.54) is 0 Å². The van der Waals surface area contributed by atoms with Gasteiger partial charge in [0, 0.05) is 0 Å². The first-order valence-electron chi connectivity index (χ1n) is 8.07. The zero-order valence-electron chi connectivity index (χ0n) is 14.1. The van der Waals surface area contributed by atoms with Gasteiger partial charge in [0.25, 0.3) is 0 Å². The molecule has 1 saturated carbocycles. The number of halogens is 3. The molecule has 0 heterocycles. The van der Waals surface area contributed by atoms with Crippen LogP contribution in [0.2, 0.25) is 4.82 Å². The fraction of sp³-hybridized carbons (Fsp3) is 0.611. The van der Waals surface area contributed by atoms with Gasteiger partial charge in [-0.3, -0.25) is 0 Å². The van der Waals surface area contributed by atoms with Gasteiger partial charge in [0.1, 0.15) is 0 Å². The Morgan fingerprint density at radius 1 is 1.12 bits per heavy atom. The molecule has 0 spiro atoms. The maximum absolute atomic E-state index is 12.6. The van der Waals surface area contributed by atoms with Crippen molar-refractivity contribution in [2.75, 3.05) is 0 Å². The van der Waals surface area contributed by atoms with Gasteiger partial charge in [0.05, 0.1) is 0 Å². The zero-order chi connectivity index (χ0) is 18.0. The molecule has 0 aliphatic heterocycles. The summed E-state index contributed by atoms with van der Waals surface area (Å²) in [5.74, 6) is -1.80. The molecule has 0 N–H and O–H groups in total. The van der Waals surface area contributed by atoms with E-state index in [0.717, 1.165) is 17.3 Å². The summed E-state index contributed by atoms with van der Waals surface area (Å²) in [5.41, 5.74) is -0.00634. The number of esters is 1. The van der Waals surface area contributed by atoms with E-state index < -0.39 is 18.2 Å². The molecular formula is C18H23F3O2Se. The molecule has 6 heteroatoms. The molecule has 0 radical (unpaired) electrons. The fourth-order valence-corrected chi connectivity index (χ4v) is 5.62. The van der Waals surface area contributed by atoms with Gasteiger partial charge in [-0.2, -0.15) is 0 Å². The molecule has 1 fully saturated rings. The Labute approximate surface area is 147 Å². The van der Waals surface area contributed by atoms with E-state index in [2.05, 4.69) is 20.8 Å². The molecule has 0 saturated heterocycles. The van der Waals surface area contributed by atoms with Gasteiger partial charge >= 0.3 is 147 Å². The summed E-state index contributed by atoms with van der Waals surface area (Å²) >= 11 is -0.0132. The summed E-state index contributed by atoms with van der Waals surface area (Å²) < 4.78 is 43.9. The van der Waals surface area contributed by atoms with E-state index in [4.69, 9.17) is 4.74 Å². The molecule has 3 atom stereocenters. The van der Waals surface area contributed by atoms with Crippen molar-refractivity contribution < 1.29 is 22.7 Å². The van der Waals surface area contributed by atoms with E-state index >= 15 is 0 Å². The Hall–Kier alpha value is -1.00. The third-order valence-electron chi connectivity index (χ3n) is 4.48. The van der Waals surface area contributed by atoms with Crippen LogP contribution in [-0.4, -0.2) is 33.2 Å². The Balaban J connectivity index is 2.13. The van der Waals surface area contributed by atoms with E-state index in [9.17, 15) is 18.0 Å². The quantitative estimate of drug-likeness (QED) is 0.557. The minimum absolute atomic E-state index is 0.00634. The van der Waals surface area contributed by atoms with E-state index in [1.54, 1.807) is 0 Å². The third kappa shape index (κ3) is 5.25. The monoisotopic (exact) mass is 408 g/mol. The van der Waals surface area contributed by atoms with Gasteiger partial charge in [0.15, 0.2) is 0 Å². The first kappa shape index (κ1) is 19.3. The van der Waals surface area contributed by atoms with Crippen LogP contribution in [0.15, 0.2) is 30.3 Å². The minimum atomic E-state index is -4.93. The van der Waals surface area contributed by atoms with Gasteiger partial charge in [-0.25, -0.2) is 0 Å². The first-order valence-corrected chi connectivity index (χ1v) is 9.91. The van der Waals surface area contributed by atoms with E-state index in [0.29, 0.717) is 6.42 Å². The van der Waals surface area contributed by atoms with Crippen LogP contribution in [0.5, 0.6) is 0 Å². The SMILES string of the molecule is CC(C)(C)[C@H]1CC[C@@H]([Se]c2ccccc2)[C@H](OC(=O)C(F)(F)F)C1. The normalized spacial score (nSPS) is 25.3. The van der Waals surface area contributed by atoms with Crippen molar-refractivity contribution in [3.63, 3.8) is 0 Å². The van der Waals surface area contributed by atoms with Gasteiger partial charge < -0.3 is 0 Å². The number of hydrogen-bond donors (Lipinski definition) is 0. The van der Waals surface area contributed by atoms with Crippen LogP contribution in [0.25, 0.3) is 0 Å². The summed E-state index contributed by atoms with van der Waals surface area (Å²) in [6.45, 7) is 6.26. The number of carbonyl (C=O) groups is 1. The number of alkyl halides is 3. The molecule has 0 aromatic heterocycles. The van der Waals surface area contributed by atoms with Gasteiger partial charge in [-0.1, -0.05) is 0 Å². The number of benzene rings is 1. The predicted molar refractivity (Wildman–Crippen MR) is 88.3 cm³/mol. The van der Waals surface area contributed by atoms with Crippen LogP contribution < -0.4 is 4.46 Å². The van der Waals surface area contributed by atoms with Gasteiger partial charge in [-0.15, -0.1) is 0 Å². The first-order chi connectivity index (χ1) is 11.1. The van der Waals surface area contributed by atoms with E-state index in [-0.39, 0.29) is 31.1 Å². The van der Waals surface area contributed by atoms with Crippen molar-refractivity contribution in [2.24, 2.45) is 11.3 Å². The summed E-state index contributed by atoms with van der Waals surface area (Å²) in [4.78, 5) is 11.3. The van der Waals surface area contributed by atoms with Crippen molar-refractivity contribution in [3.05, 3.63) is 30.3 Å². The van der Waals surface area contributed by atoms with Crippen molar-refractivity contribution in [1.82, 2.24) is 0 Å². The molecule has 1 aromatic rings. The van der Waals surface area contributed by atoms with Crippen molar-refractivity contribution >= 4 is 25.4 Å². The van der Waals surface area contributed by atoms with E-state index in [1.807, 2.05) is 30.3 Å². The van der Waals surface area contributed by atoms with Crippen LogP contribution in [0.3, 0.4) is 0 Å². The fourth-order valence-electron chi connectivity index (χ4n) is 3.02. The number of ether oxygens (including phenoxy) is 1. The molecular weight excluding hydrogens is 384 g/mol. The summed E-state index contributed by atoms with van der Waals surface area (Å²) in [7, 11) is 0. The molecule has 2 rings (SSSR count). The third-order valence-corrected chi connectivity index (χ3v) is 7.39. The summed E-state index contributed by atoms with van der Waals surface area (Å²) in [5, 5.41) is 0. The number of carbonyl (C=O) groups excluding carboxylic acids is 1. The van der Waals surface area contributed by atoms with Crippen molar-refractivity contribution in [1.29, 1.82) is 0 Å². The molecule has 1 aromatic carbocycles. The molecule has 0 amide bonds. The average molecular weight is 407 g/mol. The molecule has 24 heavy (non-hydrogen) atoms. The second-order valence-electron chi connectivity index (χ2n) is 7.29. The Morgan fingerprint density at radius 2 is 1.75 bits per heavy atom. The molecule has 134 valence electrons. The second-order valence-corrected chi connectivity index (χ2v) is 10.0. The Morgan fingerprint density at radius 3 is 2.29 bits per heavy atom. The van der Waals surface area contributed by atoms with Crippen LogP contribution >= 0.6 is 0 Å². The average Bonchev–Trinajstić information content (AvgIpc) is 2.48. The van der Waals surface area contributed by atoms with Crippen LogP contribution in [0.4, 0.5) is 13.2 Å². The second kappa shape index (κ2) is 7.49. The topological polar surface area (TPSA) is 26.3 Å². The van der Waals surface area contributed by atoms with Crippen molar-refractivity contribution in [2.45, 2.75) is 57.1 Å². The zero-order valence-corrected chi connectivity index (χ0v) is 15.8. The molecule has 0 unspecified atom stereocenters. The van der Waals surface area contributed by atoms with Crippen LogP contribution in [0.1, 0.15) is 40.0 Å². The number of hydrogen-bond acceptors (Lipinski definition) is 2. The Bertz CT molecular complexity index is 552. The molecule has 1 aliphatic rings. The van der Waals surface area contributed by atoms with Gasteiger partial charge in [0.2, 0.25) is 0 Å².